The number of nitrogens with zero attached hydrogens (tertiary/aromatic N) is 1. The van der Waals surface area contributed by atoms with E-state index in [4.69, 9.17) is 16.7 Å². The lowest BCUT2D eigenvalue weighted by atomic mass is 10.1. The zero-order valence-electron chi connectivity index (χ0n) is 7.33. The van der Waals surface area contributed by atoms with Crippen molar-refractivity contribution in [1.29, 1.82) is 0 Å². The second-order valence-corrected chi connectivity index (χ2v) is 3.22. The fourth-order valence-electron chi connectivity index (χ4n) is 1.08. The van der Waals surface area contributed by atoms with Crippen LogP contribution in [-0.2, 0) is 11.2 Å². The fourth-order valence-corrected chi connectivity index (χ4v) is 1.31. The van der Waals surface area contributed by atoms with Gasteiger partial charge in [-0.25, -0.2) is 4.98 Å². The molecule has 0 amide bonds. The van der Waals surface area contributed by atoms with Crippen LogP contribution in [0.15, 0.2) is 12.3 Å². The third-order valence-corrected chi connectivity index (χ3v) is 2.12. The minimum Gasteiger partial charge on any atom is -0.481 e. The average Bonchev–Trinajstić information content (AvgIpc) is 2.09. The molecule has 0 fully saturated rings. The number of hydrogen-bond acceptors (Lipinski definition) is 2. The Bertz CT molecular complexity index is 323. The molecule has 1 aromatic rings. The Labute approximate surface area is 85.5 Å². The first-order valence-electron chi connectivity index (χ1n) is 4.12. The third kappa shape index (κ3) is 2.96. The van der Waals surface area contributed by atoms with Gasteiger partial charge in [-0.3, -0.25) is 4.79 Å². The van der Waals surface area contributed by atoms with Crippen molar-refractivity contribution in [2.24, 2.45) is 0 Å². The molecule has 0 aliphatic carbocycles. The van der Waals surface area contributed by atoms with Crippen molar-refractivity contribution < 1.29 is 14.3 Å². The molecule has 14 heavy (non-hydrogen) atoms. The number of aliphatic carboxylic acids is 1. The van der Waals surface area contributed by atoms with E-state index in [9.17, 15) is 9.18 Å². The summed E-state index contributed by atoms with van der Waals surface area (Å²) in [5.74, 6) is -1.52. The second kappa shape index (κ2) is 4.91. The Morgan fingerprint density at radius 1 is 1.64 bits per heavy atom. The lowest BCUT2D eigenvalue weighted by molar-refractivity contribution is -0.137. The molecular formula is C9H9ClFNO2. The molecule has 0 aliphatic rings. The van der Waals surface area contributed by atoms with Gasteiger partial charge in [-0.15, -0.1) is 0 Å². The van der Waals surface area contributed by atoms with Crippen LogP contribution >= 0.6 is 11.6 Å². The largest absolute Gasteiger partial charge is 0.481 e. The molecule has 5 heteroatoms. The smallest absolute Gasteiger partial charge is 0.303 e. The molecular weight excluding hydrogens is 209 g/mol. The first-order chi connectivity index (χ1) is 6.61. The van der Waals surface area contributed by atoms with Crippen molar-refractivity contribution >= 4 is 17.6 Å². The first-order valence-corrected chi connectivity index (χ1v) is 4.49. The Hall–Kier alpha value is -1.16. The van der Waals surface area contributed by atoms with Crippen LogP contribution in [0.1, 0.15) is 18.4 Å². The minimum atomic E-state index is -0.898. The third-order valence-electron chi connectivity index (χ3n) is 1.76. The molecule has 0 saturated heterocycles. The van der Waals surface area contributed by atoms with E-state index < -0.39 is 11.9 Å². The molecule has 1 N–H and O–H groups in total. The lowest BCUT2D eigenvalue weighted by Crippen LogP contribution is -1.99. The normalized spacial score (nSPS) is 10.1. The Morgan fingerprint density at radius 2 is 2.36 bits per heavy atom. The zero-order chi connectivity index (χ0) is 10.6. The van der Waals surface area contributed by atoms with E-state index in [0.29, 0.717) is 17.9 Å². The predicted octanol–water partition coefficient (Wildman–Crippen LogP) is 2.28. The van der Waals surface area contributed by atoms with Crippen LogP contribution < -0.4 is 0 Å². The van der Waals surface area contributed by atoms with Gasteiger partial charge in [0.2, 0.25) is 5.95 Å². The maximum Gasteiger partial charge on any atom is 0.303 e. The lowest BCUT2D eigenvalue weighted by Gasteiger charge is -2.02. The molecule has 0 spiro atoms. The second-order valence-electron chi connectivity index (χ2n) is 2.81. The van der Waals surface area contributed by atoms with Gasteiger partial charge in [-0.2, -0.15) is 4.39 Å². The Kier molecular flexibility index (Phi) is 3.83. The highest BCUT2D eigenvalue weighted by molar-refractivity contribution is 6.31. The summed E-state index contributed by atoms with van der Waals surface area (Å²) in [5, 5.41) is 8.68. The maximum absolute atomic E-state index is 13.0. The molecule has 0 aromatic carbocycles. The molecule has 1 heterocycles. The van der Waals surface area contributed by atoms with Gasteiger partial charge in [0.1, 0.15) is 0 Å². The summed E-state index contributed by atoms with van der Waals surface area (Å²) < 4.78 is 13.0. The van der Waals surface area contributed by atoms with Gasteiger partial charge in [-0.1, -0.05) is 11.6 Å². The Balaban J connectivity index is 2.62. The first kappa shape index (κ1) is 10.9. The summed E-state index contributed by atoms with van der Waals surface area (Å²) in [6, 6.07) is 1.49. The van der Waals surface area contributed by atoms with E-state index >= 15 is 0 Å². The van der Waals surface area contributed by atoms with Crippen LogP contribution in [0.25, 0.3) is 0 Å². The van der Waals surface area contributed by atoms with Gasteiger partial charge in [-0.05, 0) is 18.9 Å². The zero-order valence-corrected chi connectivity index (χ0v) is 8.09. The average molecular weight is 218 g/mol. The highest BCUT2D eigenvalue weighted by Gasteiger charge is 2.08. The quantitative estimate of drug-likeness (QED) is 0.788. The van der Waals surface area contributed by atoms with Gasteiger partial charge >= 0.3 is 5.97 Å². The van der Waals surface area contributed by atoms with Crippen LogP contribution in [0, 0.1) is 5.95 Å². The number of carboxylic acid groups (broad SMARTS) is 1. The van der Waals surface area contributed by atoms with Crippen molar-refractivity contribution in [2.75, 3.05) is 0 Å². The van der Waals surface area contributed by atoms with E-state index in [0.717, 1.165) is 0 Å². The molecule has 0 radical (unpaired) electrons. The summed E-state index contributed by atoms with van der Waals surface area (Å²) in [6.07, 6.45) is 1.94. The summed E-state index contributed by atoms with van der Waals surface area (Å²) >= 11 is 5.72. The monoisotopic (exact) mass is 217 g/mol. The van der Waals surface area contributed by atoms with Gasteiger partial charge in [0.05, 0.1) is 0 Å². The van der Waals surface area contributed by atoms with E-state index in [1.807, 2.05) is 0 Å². The number of carbonyl (C=O) groups is 1. The summed E-state index contributed by atoms with van der Waals surface area (Å²) in [7, 11) is 0. The van der Waals surface area contributed by atoms with Crippen molar-refractivity contribution in [1.82, 2.24) is 4.98 Å². The van der Waals surface area contributed by atoms with Crippen molar-refractivity contribution in [3.63, 3.8) is 0 Å². The highest BCUT2D eigenvalue weighted by atomic mass is 35.5. The van der Waals surface area contributed by atoms with E-state index in [2.05, 4.69) is 4.98 Å². The number of halogens is 2. The molecule has 1 rings (SSSR count). The van der Waals surface area contributed by atoms with Crippen LogP contribution in [0.5, 0.6) is 0 Å². The summed E-state index contributed by atoms with van der Waals surface area (Å²) in [6.45, 7) is 0. The van der Waals surface area contributed by atoms with Gasteiger partial charge in [0, 0.05) is 23.2 Å². The fraction of sp³-hybridized carbons (Fsp3) is 0.333. The molecule has 0 bridgehead atoms. The van der Waals surface area contributed by atoms with Crippen LogP contribution in [0.2, 0.25) is 5.02 Å². The van der Waals surface area contributed by atoms with Gasteiger partial charge in [0.15, 0.2) is 0 Å². The maximum atomic E-state index is 13.0. The van der Waals surface area contributed by atoms with Crippen LogP contribution in [-0.4, -0.2) is 16.1 Å². The number of hydrogen-bond donors (Lipinski definition) is 1. The number of pyridine rings is 1. The van der Waals surface area contributed by atoms with E-state index in [1.54, 1.807) is 0 Å². The number of carboxylic acids is 1. The number of aromatic nitrogens is 1. The van der Waals surface area contributed by atoms with Gasteiger partial charge < -0.3 is 5.11 Å². The summed E-state index contributed by atoms with van der Waals surface area (Å²) in [4.78, 5) is 13.7. The topological polar surface area (TPSA) is 50.2 Å². The Morgan fingerprint density at radius 3 is 2.93 bits per heavy atom. The van der Waals surface area contributed by atoms with Crippen LogP contribution in [0.4, 0.5) is 4.39 Å². The van der Waals surface area contributed by atoms with E-state index in [-0.39, 0.29) is 12.0 Å². The predicted molar refractivity (Wildman–Crippen MR) is 49.8 cm³/mol. The molecule has 0 aliphatic heterocycles. The number of rotatable bonds is 4. The van der Waals surface area contributed by atoms with Gasteiger partial charge in [0.25, 0.3) is 0 Å². The SMILES string of the molecule is O=C(O)CCCc1c(Cl)ccnc1F. The summed E-state index contributed by atoms with van der Waals surface area (Å²) in [5.41, 5.74) is 0.287. The molecule has 0 atom stereocenters. The molecule has 3 nitrogen and oxygen atoms in total. The van der Waals surface area contributed by atoms with Crippen LogP contribution in [0.3, 0.4) is 0 Å². The molecule has 0 unspecified atom stereocenters. The van der Waals surface area contributed by atoms with Crippen molar-refractivity contribution in [3.05, 3.63) is 28.8 Å². The molecule has 76 valence electrons. The van der Waals surface area contributed by atoms with E-state index in [1.165, 1.54) is 12.3 Å². The highest BCUT2D eigenvalue weighted by Crippen LogP contribution is 2.19. The molecule has 0 saturated carbocycles. The van der Waals surface area contributed by atoms with Crippen molar-refractivity contribution in [3.8, 4) is 0 Å². The molecule has 1 aromatic heterocycles. The standard InChI is InChI=1S/C9H9ClFNO2/c10-7-4-5-12-9(11)6(7)2-1-3-8(13)14/h4-5H,1-3H2,(H,13,14). The minimum absolute atomic E-state index is 0.00463. The van der Waals surface area contributed by atoms with Crippen molar-refractivity contribution in [2.45, 2.75) is 19.3 Å².